The molecule has 0 fully saturated rings. The Hall–Kier alpha value is -2.71. The zero-order chi connectivity index (χ0) is 16.3. The molecule has 1 aromatic heterocycles. The number of rotatable bonds is 4. The normalized spacial score (nSPS) is 10.0. The number of nitriles is 1. The van der Waals surface area contributed by atoms with E-state index in [1.165, 1.54) is 23.9 Å². The summed E-state index contributed by atoms with van der Waals surface area (Å²) in [5, 5.41) is 9.36. The maximum absolute atomic E-state index is 12.4. The Labute approximate surface area is 131 Å². The lowest BCUT2D eigenvalue weighted by Crippen LogP contribution is -2.25. The number of carbonyl (C=O) groups excluding carboxylic acids is 2. The molecule has 22 heavy (non-hydrogen) atoms. The largest absolute Gasteiger partial charge is 0.317 e. The fourth-order valence-corrected chi connectivity index (χ4v) is 2.35. The highest BCUT2D eigenvalue weighted by Crippen LogP contribution is 2.20. The summed E-state index contributed by atoms with van der Waals surface area (Å²) in [5.41, 5.74) is 0.309. The third-order valence-electron chi connectivity index (χ3n) is 3.20. The molecule has 0 radical (unpaired) electrons. The highest BCUT2D eigenvalue weighted by Gasteiger charge is 2.16. The Bertz CT molecular complexity index is 863. The molecule has 0 saturated heterocycles. The first-order valence-electron chi connectivity index (χ1n) is 6.34. The number of Topliss-reactive ketones (excluding diaryl/α,β-unsaturated/α-hetero) is 1. The van der Waals surface area contributed by atoms with Gasteiger partial charge in [-0.25, -0.2) is 0 Å². The second-order valence-corrected chi connectivity index (χ2v) is 5.11. The molecule has 0 aliphatic carbocycles. The van der Waals surface area contributed by atoms with E-state index in [4.69, 9.17) is 16.9 Å². The third kappa shape index (κ3) is 2.97. The van der Waals surface area contributed by atoms with Crippen molar-refractivity contribution in [2.75, 3.05) is 0 Å². The average Bonchev–Trinajstić information content (AvgIpc) is 2.50. The van der Waals surface area contributed by atoms with Crippen LogP contribution >= 0.6 is 11.6 Å². The van der Waals surface area contributed by atoms with Gasteiger partial charge in [0.2, 0.25) is 0 Å². The van der Waals surface area contributed by atoms with E-state index in [-0.39, 0.29) is 28.1 Å². The maximum Gasteiger partial charge on any atom is 0.261 e. The first-order valence-corrected chi connectivity index (χ1v) is 6.72. The summed E-state index contributed by atoms with van der Waals surface area (Å²) in [5.74, 6) is -0.469. The number of nitrogens with zero attached hydrogens (tertiary/aromatic N) is 2. The van der Waals surface area contributed by atoms with E-state index >= 15 is 0 Å². The van der Waals surface area contributed by atoms with E-state index in [0.29, 0.717) is 11.8 Å². The van der Waals surface area contributed by atoms with Crippen molar-refractivity contribution in [2.24, 2.45) is 7.05 Å². The van der Waals surface area contributed by atoms with Gasteiger partial charge < -0.3 is 4.57 Å². The van der Waals surface area contributed by atoms with Crippen LogP contribution in [0.3, 0.4) is 0 Å². The second kappa shape index (κ2) is 6.37. The molecule has 1 heterocycles. The van der Waals surface area contributed by atoms with Gasteiger partial charge in [-0.1, -0.05) is 23.7 Å². The molecule has 0 bridgehead atoms. The number of hydrogen-bond donors (Lipinski definition) is 0. The van der Waals surface area contributed by atoms with Crippen LogP contribution in [0.1, 0.15) is 31.8 Å². The number of aromatic nitrogens is 1. The van der Waals surface area contributed by atoms with Crippen LogP contribution < -0.4 is 5.56 Å². The Morgan fingerprint density at radius 2 is 2.18 bits per heavy atom. The summed E-state index contributed by atoms with van der Waals surface area (Å²) in [6.07, 6.45) is 1.78. The standard InChI is InChI=1S/C16H11ClN2O3/c1-19-8-10(9-20)5-12(16(19)22)15(21)6-11-3-2-4-14(17)13(11)7-18/h2-5,8-9H,6H2,1H3. The molecule has 0 N–H and O–H groups in total. The van der Waals surface area contributed by atoms with Crippen LogP contribution in [-0.2, 0) is 13.5 Å². The van der Waals surface area contributed by atoms with Crippen LogP contribution in [-0.4, -0.2) is 16.6 Å². The van der Waals surface area contributed by atoms with Gasteiger partial charge in [0.25, 0.3) is 5.56 Å². The Balaban J connectivity index is 2.45. The van der Waals surface area contributed by atoms with E-state index in [2.05, 4.69) is 0 Å². The zero-order valence-electron chi connectivity index (χ0n) is 11.7. The fourth-order valence-electron chi connectivity index (χ4n) is 2.11. The van der Waals surface area contributed by atoms with Gasteiger partial charge in [-0.2, -0.15) is 5.26 Å². The second-order valence-electron chi connectivity index (χ2n) is 4.71. The van der Waals surface area contributed by atoms with Gasteiger partial charge in [-0.05, 0) is 17.7 Å². The van der Waals surface area contributed by atoms with Gasteiger partial charge in [0.05, 0.1) is 16.1 Å². The van der Waals surface area contributed by atoms with Crippen LogP contribution in [0, 0.1) is 11.3 Å². The number of aryl methyl sites for hydroxylation is 1. The lowest BCUT2D eigenvalue weighted by atomic mass is 9.99. The first kappa shape index (κ1) is 15.7. The van der Waals surface area contributed by atoms with Crippen molar-refractivity contribution in [3.8, 4) is 6.07 Å². The highest BCUT2D eigenvalue weighted by atomic mass is 35.5. The minimum Gasteiger partial charge on any atom is -0.317 e. The third-order valence-corrected chi connectivity index (χ3v) is 3.52. The van der Waals surface area contributed by atoms with Gasteiger partial charge in [0.15, 0.2) is 12.1 Å². The molecule has 1 aromatic carbocycles. The molecule has 0 unspecified atom stereocenters. The number of carbonyl (C=O) groups is 2. The quantitative estimate of drug-likeness (QED) is 0.639. The van der Waals surface area contributed by atoms with Crippen molar-refractivity contribution in [3.05, 3.63) is 68.1 Å². The number of halogens is 1. The predicted octanol–water partition coefficient (Wildman–Crippen LogP) is 2.15. The summed E-state index contributed by atoms with van der Waals surface area (Å²) in [6, 6.07) is 8.00. The smallest absolute Gasteiger partial charge is 0.261 e. The van der Waals surface area contributed by atoms with Crippen molar-refractivity contribution in [2.45, 2.75) is 6.42 Å². The minimum absolute atomic E-state index is 0.0871. The van der Waals surface area contributed by atoms with E-state index in [1.807, 2.05) is 6.07 Å². The maximum atomic E-state index is 12.4. The van der Waals surface area contributed by atoms with E-state index in [0.717, 1.165) is 0 Å². The molecule has 0 amide bonds. The summed E-state index contributed by atoms with van der Waals surface area (Å²) in [6.45, 7) is 0. The minimum atomic E-state index is -0.490. The van der Waals surface area contributed by atoms with E-state index in [1.54, 1.807) is 18.2 Å². The van der Waals surface area contributed by atoms with Crippen molar-refractivity contribution in [1.82, 2.24) is 4.57 Å². The SMILES string of the molecule is Cn1cc(C=O)cc(C(=O)Cc2cccc(Cl)c2C#N)c1=O. The number of benzene rings is 1. The first-order chi connectivity index (χ1) is 10.5. The summed E-state index contributed by atoms with van der Waals surface area (Å²) in [4.78, 5) is 35.2. The molecule has 110 valence electrons. The molecule has 0 aliphatic rings. The van der Waals surface area contributed by atoms with Crippen LogP contribution in [0.25, 0.3) is 0 Å². The van der Waals surface area contributed by atoms with Gasteiger partial charge in [0.1, 0.15) is 6.07 Å². The van der Waals surface area contributed by atoms with Crippen molar-refractivity contribution in [3.63, 3.8) is 0 Å². The lowest BCUT2D eigenvalue weighted by molar-refractivity contribution is 0.0991. The summed E-state index contributed by atoms with van der Waals surface area (Å²) >= 11 is 5.92. The zero-order valence-corrected chi connectivity index (χ0v) is 12.4. The Morgan fingerprint density at radius 1 is 1.45 bits per heavy atom. The van der Waals surface area contributed by atoms with Crippen LogP contribution in [0.2, 0.25) is 5.02 Å². The fraction of sp³-hybridized carbons (Fsp3) is 0.125. The molecule has 6 heteroatoms. The molecular weight excluding hydrogens is 304 g/mol. The van der Waals surface area contributed by atoms with Crippen LogP contribution in [0.5, 0.6) is 0 Å². The van der Waals surface area contributed by atoms with Crippen LogP contribution in [0.15, 0.2) is 35.3 Å². The Kier molecular flexibility index (Phi) is 4.54. The van der Waals surface area contributed by atoms with Crippen molar-refractivity contribution >= 4 is 23.7 Å². The van der Waals surface area contributed by atoms with Gasteiger partial charge in [-0.15, -0.1) is 0 Å². The molecule has 0 saturated carbocycles. The highest BCUT2D eigenvalue weighted by molar-refractivity contribution is 6.31. The average molecular weight is 315 g/mol. The molecule has 0 spiro atoms. The topological polar surface area (TPSA) is 79.9 Å². The number of pyridine rings is 1. The molecular formula is C16H11ClN2O3. The Morgan fingerprint density at radius 3 is 2.82 bits per heavy atom. The van der Waals surface area contributed by atoms with Crippen molar-refractivity contribution < 1.29 is 9.59 Å². The van der Waals surface area contributed by atoms with Gasteiger partial charge >= 0.3 is 0 Å². The number of hydrogen-bond acceptors (Lipinski definition) is 4. The lowest BCUT2D eigenvalue weighted by Gasteiger charge is -2.07. The molecule has 0 aliphatic heterocycles. The molecule has 5 nitrogen and oxygen atoms in total. The monoisotopic (exact) mass is 314 g/mol. The van der Waals surface area contributed by atoms with Crippen molar-refractivity contribution in [1.29, 1.82) is 5.26 Å². The number of ketones is 1. The van der Waals surface area contributed by atoms with E-state index < -0.39 is 11.3 Å². The molecule has 2 rings (SSSR count). The van der Waals surface area contributed by atoms with Gasteiger partial charge in [-0.3, -0.25) is 14.4 Å². The molecule has 2 aromatic rings. The van der Waals surface area contributed by atoms with E-state index in [9.17, 15) is 14.4 Å². The number of aldehydes is 1. The van der Waals surface area contributed by atoms with Gasteiger partial charge in [0, 0.05) is 25.2 Å². The summed E-state index contributed by atoms with van der Waals surface area (Å²) < 4.78 is 1.18. The van der Waals surface area contributed by atoms with Crippen LogP contribution in [0.4, 0.5) is 0 Å². The summed E-state index contributed by atoms with van der Waals surface area (Å²) in [7, 11) is 1.46. The predicted molar refractivity (Wildman–Crippen MR) is 81.3 cm³/mol. The molecule has 0 atom stereocenters.